The minimum atomic E-state index is -1.26. The Balaban J connectivity index is 1.70. The average Bonchev–Trinajstić information content (AvgIpc) is 2.94. The van der Waals surface area contributed by atoms with Gasteiger partial charge in [0.2, 0.25) is 5.91 Å². The van der Waals surface area contributed by atoms with Gasteiger partial charge in [-0.2, -0.15) is 0 Å². The summed E-state index contributed by atoms with van der Waals surface area (Å²) in [7, 11) is 0. The van der Waals surface area contributed by atoms with Gasteiger partial charge in [0, 0.05) is 55.2 Å². The summed E-state index contributed by atoms with van der Waals surface area (Å²) in [6, 6.07) is 21.2. The molecule has 1 heterocycles. The molecule has 3 aromatic rings. The summed E-state index contributed by atoms with van der Waals surface area (Å²) >= 11 is 6.81. The van der Waals surface area contributed by atoms with Crippen LogP contribution in [0.25, 0.3) is 11.1 Å². The third-order valence-corrected chi connectivity index (χ3v) is 8.03. The van der Waals surface area contributed by atoms with E-state index in [0.717, 1.165) is 40.7 Å². The fraction of sp³-hybridized carbons (Fsp3) is 0.375. The lowest BCUT2D eigenvalue weighted by molar-refractivity contribution is -0.119. The molecule has 39 heavy (non-hydrogen) atoms. The molecule has 1 aliphatic heterocycles. The van der Waals surface area contributed by atoms with E-state index in [2.05, 4.69) is 11.4 Å². The van der Waals surface area contributed by atoms with Crippen molar-refractivity contribution in [1.82, 2.24) is 10.2 Å². The summed E-state index contributed by atoms with van der Waals surface area (Å²) in [6.45, 7) is 5.47. The van der Waals surface area contributed by atoms with Gasteiger partial charge in [-0.05, 0) is 67.5 Å². The minimum Gasteiger partial charge on any atom is -0.385 e. The third kappa shape index (κ3) is 6.70. The van der Waals surface area contributed by atoms with E-state index in [4.69, 9.17) is 17.3 Å². The first kappa shape index (κ1) is 28.8. The number of aliphatic hydroxyl groups is 1. The van der Waals surface area contributed by atoms with E-state index >= 15 is 0 Å². The normalized spacial score (nSPS) is 16.9. The Bertz CT molecular complexity index is 1310. The third-order valence-electron chi connectivity index (χ3n) is 7.72. The highest BCUT2D eigenvalue weighted by Crippen LogP contribution is 2.45. The Morgan fingerprint density at radius 1 is 1.13 bits per heavy atom. The Hall–Kier alpha value is -3.19. The molecule has 0 bridgehead atoms. The Morgan fingerprint density at radius 3 is 2.56 bits per heavy atom. The van der Waals surface area contributed by atoms with Crippen LogP contribution in [0.15, 0.2) is 66.7 Å². The number of hydrogen-bond donors (Lipinski definition) is 3. The van der Waals surface area contributed by atoms with E-state index in [-0.39, 0.29) is 17.7 Å². The number of halogens is 1. The number of hydrogen-bond acceptors (Lipinski definition) is 4. The molecule has 2 amide bonds. The van der Waals surface area contributed by atoms with Crippen molar-refractivity contribution in [1.29, 1.82) is 0 Å². The fourth-order valence-corrected chi connectivity index (χ4v) is 5.96. The molecule has 6 nitrogen and oxygen atoms in total. The van der Waals surface area contributed by atoms with Crippen LogP contribution in [-0.2, 0) is 16.9 Å². The molecule has 0 aromatic heterocycles. The van der Waals surface area contributed by atoms with Crippen LogP contribution in [0.4, 0.5) is 0 Å². The van der Waals surface area contributed by atoms with Gasteiger partial charge in [0.05, 0.1) is 5.60 Å². The van der Waals surface area contributed by atoms with Gasteiger partial charge >= 0.3 is 0 Å². The number of nitrogens with zero attached hydrogens (tertiary/aromatic N) is 1. The van der Waals surface area contributed by atoms with E-state index in [0.29, 0.717) is 49.6 Å². The maximum Gasteiger partial charge on any atom is 0.253 e. The van der Waals surface area contributed by atoms with Gasteiger partial charge < -0.3 is 21.1 Å². The molecule has 1 saturated heterocycles. The monoisotopic (exact) mass is 547 g/mol. The number of rotatable bonds is 9. The number of carbonyl (C=O) groups excluding carboxylic acids is 2. The van der Waals surface area contributed by atoms with Crippen LogP contribution >= 0.6 is 11.6 Å². The van der Waals surface area contributed by atoms with Crippen molar-refractivity contribution in [3.05, 3.63) is 94.0 Å². The molecule has 1 unspecified atom stereocenters. The number of benzene rings is 3. The molecule has 4 rings (SSSR count). The van der Waals surface area contributed by atoms with Gasteiger partial charge in [-0.1, -0.05) is 65.7 Å². The Morgan fingerprint density at radius 2 is 1.87 bits per heavy atom. The van der Waals surface area contributed by atoms with Crippen molar-refractivity contribution in [3.63, 3.8) is 0 Å². The molecule has 3 aromatic carbocycles. The second kappa shape index (κ2) is 12.8. The highest BCUT2D eigenvalue weighted by atomic mass is 35.5. The van der Waals surface area contributed by atoms with Gasteiger partial charge in [0.1, 0.15) is 0 Å². The first-order chi connectivity index (χ1) is 18.7. The molecular formula is C32H38ClN3O3. The molecule has 1 fully saturated rings. The predicted molar refractivity (Wildman–Crippen MR) is 156 cm³/mol. The molecule has 0 radical (unpaired) electrons. The van der Waals surface area contributed by atoms with Crippen LogP contribution in [0.3, 0.4) is 0 Å². The van der Waals surface area contributed by atoms with Gasteiger partial charge in [0.15, 0.2) is 0 Å². The van der Waals surface area contributed by atoms with Crippen molar-refractivity contribution in [2.45, 2.75) is 51.7 Å². The molecule has 0 saturated carbocycles. The quantitative estimate of drug-likeness (QED) is 0.311. The van der Waals surface area contributed by atoms with E-state index in [1.807, 2.05) is 72.5 Å². The van der Waals surface area contributed by atoms with Gasteiger partial charge in [-0.15, -0.1) is 0 Å². The molecule has 4 N–H and O–H groups in total. The number of carbonyl (C=O) groups is 2. The SMILES string of the molecule is CC(=O)NCCCC(O)(c1cccc(Cl)c1-c1cccc(C)c1)[C@@H]1CCCN(C(=O)c2ccc(CN)cc2)C1. The van der Waals surface area contributed by atoms with Gasteiger partial charge in [0.25, 0.3) is 5.91 Å². The van der Waals surface area contributed by atoms with Crippen LogP contribution in [-0.4, -0.2) is 41.5 Å². The maximum absolute atomic E-state index is 13.5. The summed E-state index contributed by atoms with van der Waals surface area (Å²) in [6.07, 6.45) is 2.56. The first-order valence-corrected chi connectivity index (χ1v) is 14.0. The van der Waals surface area contributed by atoms with Crippen molar-refractivity contribution in [3.8, 4) is 11.1 Å². The topological polar surface area (TPSA) is 95.7 Å². The zero-order valence-corrected chi connectivity index (χ0v) is 23.5. The minimum absolute atomic E-state index is 0.0473. The van der Waals surface area contributed by atoms with E-state index < -0.39 is 5.60 Å². The number of aryl methyl sites for hydroxylation is 1. The molecule has 0 aliphatic carbocycles. The molecule has 1 aliphatic rings. The van der Waals surface area contributed by atoms with Crippen LogP contribution < -0.4 is 11.1 Å². The Labute approximate surface area is 236 Å². The van der Waals surface area contributed by atoms with E-state index in [1.54, 1.807) is 0 Å². The second-order valence-electron chi connectivity index (χ2n) is 10.5. The molecule has 7 heteroatoms. The van der Waals surface area contributed by atoms with Crippen molar-refractivity contribution >= 4 is 23.4 Å². The Kier molecular flexibility index (Phi) is 9.44. The van der Waals surface area contributed by atoms with Crippen LogP contribution in [0.2, 0.25) is 5.02 Å². The molecular weight excluding hydrogens is 510 g/mol. The predicted octanol–water partition coefficient (Wildman–Crippen LogP) is 5.43. The number of nitrogens with one attached hydrogen (secondary N) is 1. The van der Waals surface area contributed by atoms with E-state index in [1.165, 1.54) is 6.92 Å². The lowest BCUT2D eigenvalue weighted by Crippen LogP contribution is -2.48. The van der Waals surface area contributed by atoms with Crippen molar-refractivity contribution in [2.24, 2.45) is 11.7 Å². The summed E-state index contributed by atoms with van der Waals surface area (Å²) in [5.41, 5.74) is 9.67. The molecule has 0 spiro atoms. The highest BCUT2D eigenvalue weighted by Gasteiger charge is 2.43. The number of piperidine rings is 1. The zero-order chi connectivity index (χ0) is 28.0. The molecule has 206 valence electrons. The number of amides is 2. The maximum atomic E-state index is 13.5. The molecule has 2 atom stereocenters. The standard InChI is InChI=1S/C32H38ClN3O3/c1-22-7-3-8-26(19-22)30-28(10-4-11-29(30)33)32(39,16-6-17-35-23(2)37)27-9-5-18-36(21-27)31(38)25-14-12-24(20-34)13-15-25/h3-4,7-8,10-15,19,27,39H,5-6,9,16-18,20-21,34H2,1-2H3,(H,35,37)/t27-,32?/m1/s1. The lowest BCUT2D eigenvalue weighted by atomic mass is 9.72. The van der Waals surface area contributed by atoms with Gasteiger partial charge in [-0.3, -0.25) is 9.59 Å². The lowest BCUT2D eigenvalue weighted by Gasteiger charge is -2.44. The summed E-state index contributed by atoms with van der Waals surface area (Å²) in [5, 5.41) is 16.0. The van der Waals surface area contributed by atoms with Crippen LogP contribution in [0.1, 0.15) is 59.7 Å². The number of likely N-dealkylation sites (tertiary alicyclic amines) is 1. The van der Waals surface area contributed by atoms with Crippen molar-refractivity contribution < 1.29 is 14.7 Å². The summed E-state index contributed by atoms with van der Waals surface area (Å²) in [4.78, 5) is 26.8. The zero-order valence-electron chi connectivity index (χ0n) is 22.8. The summed E-state index contributed by atoms with van der Waals surface area (Å²) in [5.74, 6) is -0.358. The smallest absolute Gasteiger partial charge is 0.253 e. The van der Waals surface area contributed by atoms with Crippen LogP contribution in [0, 0.1) is 12.8 Å². The summed E-state index contributed by atoms with van der Waals surface area (Å²) < 4.78 is 0. The van der Waals surface area contributed by atoms with Crippen molar-refractivity contribution in [2.75, 3.05) is 19.6 Å². The average molecular weight is 548 g/mol. The largest absolute Gasteiger partial charge is 0.385 e. The highest BCUT2D eigenvalue weighted by molar-refractivity contribution is 6.33. The number of nitrogens with two attached hydrogens (primary N) is 1. The van der Waals surface area contributed by atoms with Crippen LogP contribution in [0.5, 0.6) is 0 Å². The van der Waals surface area contributed by atoms with E-state index in [9.17, 15) is 14.7 Å². The fourth-order valence-electron chi connectivity index (χ4n) is 5.68. The second-order valence-corrected chi connectivity index (χ2v) is 10.9. The van der Waals surface area contributed by atoms with Gasteiger partial charge in [-0.25, -0.2) is 0 Å². The first-order valence-electron chi connectivity index (χ1n) is 13.6.